The number of nitrogens with zero attached hydrogens (tertiary/aromatic N) is 1. The molecule has 0 saturated heterocycles. The van der Waals surface area contributed by atoms with Gasteiger partial charge in [0.25, 0.3) is 0 Å². The third-order valence-electron chi connectivity index (χ3n) is 0.486. The molecule has 10 heavy (non-hydrogen) atoms. The Morgan fingerprint density at radius 2 is 2.20 bits per heavy atom. The monoisotopic (exact) mass is 155 g/mol. The Bertz CT molecular complexity index is 227. The molecule has 0 bridgehead atoms. The van der Waals surface area contributed by atoms with Crippen molar-refractivity contribution in [1.82, 2.24) is 0 Å². The second-order valence-electron chi connectivity index (χ2n) is 1.19. The zero-order valence-corrected chi connectivity index (χ0v) is 5.39. The standard InChI is InChI=1S/C4H5NO3S.Li.H/c1-2-3-9(6,7)8-4-5;;/h2H,1,3H2;;. The summed E-state index contributed by atoms with van der Waals surface area (Å²) in [7, 11) is -3.66. The van der Waals surface area contributed by atoms with Crippen molar-refractivity contribution in [3.05, 3.63) is 12.7 Å². The van der Waals surface area contributed by atoms with Crippen LogP contribution in [-0.2, 0) is 14.3 Å². The third kappa shape index (κ3) is 5.71. The van der Waals surface area contributed by atoms with Gasteiger partial charge < -0.3 is 4.18 Å². The van der Waals surface area contributed by atoms with Crippen molar-refractivity contribution in [3.8, 4) is 6.26 Å². The molecule has 0 fully saturated rings. The van der Waals surface area contributed by atoms with E-state index in [4.69, 9.17) is 5.26 Å². The zero-order chi connectivity index (χ0) is 7.33. The number of hydrogen-bond acceptors (Lipinski definition) is 4. The fraction of sp³-hybridized carbons (Fsp3) is 0.250. The van der Waals surface area contributed by atoms with Gasteiger partial charge in [0.05, 0.1) is 0 Å². The van der Waals surface area contributed by atoms with Crippen LogP contribution in [0.3, 0.4) is 0 Å². The Balaban J connectivity index is 0. The SMILES string of the molecule is C=CCS(=O)(=O)OC#N.[LiH]. The van der Waals surface area contributed by atoms with Crippen molar-refractivity contribution in [2.24, 2.45) is 0 Å². The van der Waals surface area contributed by atoms with Gasteiger partial charge in [0.2, 0.25) is 0 Å². The maximum absolute atomic E-state index is 10.3. The van der Waals surface area contributed by atoms with Crippen molar-refractivity contribution in [1.29, 1.82) is 5.26 Å². The molecule has 6 heteroatoms. The van der Waals surface area contributed by atoms with Gasteiger partial charge in [-0.2, -0.15) is 8.42 Å². The fourth-order valence-electron chi connectivity index (χ4n) is 0.235. The second kappa shape index (κ2) is 5.37. The van der Waals surface area contributed by atoms with Crippen molar-refractivity contribution in [2.45, 2.75) is 0 Å². The summed E-state index contributed by atoms with van der Waals surface area (Å²) in [5, 5.41) is 7.74. The predicted molar refractivity (Wildman–Crippen MR) is 37.8 cm³/mol. The first-order valence-corrected chi connectivity index (χ1v) is 3.61. The van der Waals surface area contributed by atoms with Crippen LogP contribution in [0.2, 0.25) is 0 Å². The first-order valence-electron chi connectivity index (χ1n) is 2.03. The van der Waals surface area contributed by atoms with Crippen molar-refractivity contribution in [3.63, 3.8) is 0 Å². The zero-order valence-electron chi connectivity index (χ0n) is 4.57. The fourth-order valence-corrected chi connectivity index (χ4v) is 0.705. The predicted octanol–water partition coefficient (Wildman–Crippen LogP) is -0.649. The molecule has 0 atom stereocenters. The summed E-state index contributed by atoms with van der Waals surface area (Å²) >= 11 is 0. The molecule has 0 N–H and O–H groups in total. The van der Waals surface area contributed by atoms with Crippen LogP contribution in [0.25, 0.3) is 0 Å². The van der Waals surface area contributed by atoms with E-state index in [0.717, 1.165) is 12.3 Å². The van der Waals surface area contributed by atoms with Gasteiger partial charge in [0, 0.05) is 0 Å². The summed E-state index contributed by atoms with van der Waals surface area (Å²) in [4.78, 5) is 0. The van der Waals surface area contributed by atoms with E-state index in [1.165, 1.54) is 0 Å². The van der Waals surface area contributed by atoms with E-state index < -0.39 is 10.1 Å². The van der Waals surface area contributed by atoms with E-state index in [9.17, 15) is 8.42 Å². The molecule has 0 aromatic heterocycles. The minimum atomic E-state index is -3.66. The normalized spacial score (nSPS) is 8.70. The average molecular weight is 155 g/mol. The van der Waals surface area contributed by atoms with Gasteiger partial charge in [0.1, 0.15) is 5.75 Å². The van der Waals surface area contributed by atoms with E-state index in [1.807, 2.05) is 0 Å². The topological polar surface area (TPSA) is 67.2 Å². The Labute approximate surface area is 71.8 Å². The van der Waals surface area contributed by atoms with Gasteiger partial charge in [0.15, 0.2) is 0 Å². The molecule has 0 unspecified atom stereocenters. The minimum absolute atomic E-state index is 0. The molecule has 0 saturated carbocycles. The third-order valence-corrected chi connectivity index (χ3v) is 1.46. The van der Waals surface area contributed by atoms with Crippen molar-refractivity contribution in [2.75, 3.05) is 5.75 Å². The van der Waals surface area contributed by atoms with Gasteiger partial charge in [-0.05, 0) is 0 Å². The van der Waals surface area contributed by atoms with Crippen LogP contribution in [0.4, 0.5) is 0 Å². The molecular weight excluding hydrogens is 149 g/mol. The van der Waals surface area contributed by atoms with Crippen molar-refractivity contribution < 1.29 is 12.6 Å². The van der Waals surface area contributed by atoms with Crippen LogP contribution in [0, 0.1) is 11.5 Å². The van der Waals surface area contributed by atoms with Gasteiger partial charge >= 0.3 is 35.2 Å². The summed E-state index contributed by atoms with van der Waals surface area (Å²) < 4.78 is 24.3. The molecule has 0 aliphatic rings. The van der Waals surface area contributed by atoms with Crippen LogP contribution in [0.15, 0.2) is 12.7 Å². The Hall–Kier alpha value is -0.423. The van der Waals surface area contributed by atoms with Gasteiger partial charge in [-0.25, -0.2) is 0 Å². The molecule has 4 nitrogen and oxygen atoms in total. The molecule has 0 radical (unpaired) electrons. The first-order chi connectivity index (χ1) is 4.12. The Morgan fingerprint density at radius 3 is 2.50 bits per heavy atom. The Kier molecular flexibility index (Phi) is 6.59. The molecule has 0 aromatic carbocycles. The summed E-state index contributed by atoms with van der Waals surface area (Å²) in [5.74, 6) is -0.333. The second-order valence-corrected chi connectivity index (χ2v) is 2.80. The molecule has 0 aliphatic heterocycles. The molecule has 0 aromatic rings. The van der Waals surface area contributed by atoms with E-state index in [2.05, 4.69) is 10.8 Å². The van der Waals surface area contributed by atoms with Crippen LogP contribution < -0.4 is 0 Å². The Morgan fingerprint density at radius 1 is 1.70 bits per heavy atom. The molecule has 0 spiro atoms. The van der Waals surface area contributed by atoms with Crippen molar-refractivity contribution >= 4 is 29.0 Å². The number of hydrogen-bond donors (Lipinski definition) is 0. The van der Waals surface area contributed by atoms with Crippen LogP contribution in [0.5, 0.6) is 0 Å². The molecule has 0 amide bonds. The summed E-state index contributed by atoms with van der Waals surface area (Å²) in [6.45, 7) is 3.16. The summed E-state index contributed by atoms with van der Waals surface area (Å²) in [5.41, 5.74) is 0. The van der Waals surface area contributed by atoms with Gasteiger partial charge in [-0.15, -0.1) is 11.8 Å². The summed E-state index contributed by atoms with van der Waals surface area (Å²) in [6.07, 6.45) is 2.20. The quantitative estimate of drug-likeness (QED) is 0.235. The van der Waals surface area contributed by atoms with Crippen LogP contribution in [-0.4, -0.2) is 33.0 Å². The molecule has 0 aliphatic carbocycles. The summed E-state index contributed by atoms with van der Waals surface area (Å²) in [6, 6.07) is 0. The number of nitriles is 1. The molecular formula is C4H6LiNO3S. The van der Waals surface area contributed by atoms with Crippen LogP contribution in [0.1, 0.15) is 0 Å². The first kappa shape index (κ1) is 12.3. The average Bonchev–Trinajstić information content (AvgIpc) is 1.64. The van der Waals surface area contributed by atoms with Gasteiger partial charge in [-0.3, -0.25) is 0 Å². The van der Waals surface area contributed by atoms with Gasteiger partial charge in [-0.1, -0.05) is 6.08 Å². The number of rotatable bonds is 3. The van der Waals surface area contributed by atoms with E-state index >= 15 is 0 Å². The molecule has 0 heterocycles. The maximum atomic E-state index is 10.3. The molecule has 0 rings (SSSR count). The van der Waals surface area contributed by atoms with E-state index in [1.54, 1.807) is 0 Å². The van der Waals surface area contributed by atoms with Crippen LogP contribution >= 0.6 is 0 Å². The molecule has 52 valence electrons. The van der Waals surface area contributed by atoms with E-state index in [0.29, 0.717) is 0 Å². The van der Waals surface area contributed by atoms with E-state index in [-0.39, 0.29) is 24.6 Å².